The van der Waals surface area contributed by atoms with Gasteiger partial charge in [-0.05, 0) is 18.3 Å². The van der Waals surface area contributed by atoms with Crippen LogP contribution in [0.25, 0.3) is 0 Å². The Hall–Kier alpha value is -0.590. The predicted octanol–water partition coefficient (Wildman–Crippen LogP) is 1.40. The second-order valence-corrected chi connectivity index (χ2v) is 3.01. The maximum Gasteiger partial charge on any atom is 0.136 e. The average Bonchev–Trinajstić information content (AvgIpc) is 2.46. The number of carbonyl (C=O) groups is 1. The quantitative estimate of drug-likeness (QED) is 0.480. The molecule has 9 heavy (non-hydrogen) atoms. The molecule has 0 heterocycles. The van der Waals surface area contributed by atoms with Gasteiger partial charge in [-0.2, -0.15) is 0 Å². The molecule has 3 unspecified atom stereocenters. The molecular weight excluding hydrogens is 112 g/mol. The highest BCUT2D eigenvalue weighted by Gasteiger charge is 2.55. The van der Waals surface area contributed by atoms with Gasteiger partial charge in [-0.1, -0.05) is 6.08 Å². The molecule has 2 aliphatic rings. The van der Waals surface area contributed by atoms with E-state index >= 15 is 0 Å². The van der Waals surface area contributed by atoms with Crippen molar-refractivity contribution >= 4 is 5.78 Å². The second-order valence-electron chi connectivity index (χ2n) is 3.01. The minimum atomic E-state index is 0.405. The lowest BCUT2D eigenvalue weighted by molar-refractivity contribution is -0.119. The summed E-state index contributed by atoms with van der Waals surface area (Å²) < 4.78 is 0. The van der Waals surface area contributed by atoms with Crippen molar-refractivity contribution in [3.05, 3.63) is 12.7 Å². The summed E-state index contributed by atoms with van der Waals surface area (Å²) in [6.07, 6.45) is 3.90. The maximum atomic E-state index is 10.9. The summed E-state index contributed by atoms with van der Waals surface area (Å²) in [5.41, 5.74) is 0. The first-order chi connectivity index (χ1) is 4.34. The molecule has 0 N–H and O–H groups in total. The van der Waals surface area contributed by atoms with Crippen molar-refractivity contribution in [1.82, 2.24) is 0 Å². The van der Waals surface area contributed by atoms with Crippen LogP contribution in [0, 0.1) is 17.8 Å². The highest BCUT2D eigenvalue weighted by atomic mass is 16.1. The van der Waals surface area contributed by atoms with E-state index in [9.17, 15) is 4.79 Å². The van der Waals surface area contributed by atoms with Crippen molar-refractivity contribution in [2.45, 2.75) is 12.8 Å². The molecule has 0 aromatic carbocycles. The van der Waals surface area contributed by atoms with E-state index in [1.807, 2.05) is 6.08 Å². The average molecular weight is 122 g/mol. The third kappa shape index (κ3) is 0.521. The number of ketones is 1. The largest absolute Gasteiger partial charge is 0.299 e. The Balaban J connectivity index is 2.14. The molecule has 0 spiro atoms. The van der Waals surface area contributed by atoms with E-state index in [2.05, 4.69) is 6.58 Å². The van der Waals surface area contributed by atoms with Crippen molar-refractivity contribution < 1.29 is 4.79 Å². The fourth-order valence-electron chi connectivity index (χ4n) is 2.02. The number of hydrogen-bond donors (Lipinski definition) is 0. The maximum absolute atomic E-state index is 10.9. The smallest absolute Gasteiger partial charge is 0.136 e. The molecule has 1 nitrogen and oxygen atoms in total. The van der Waals surface area contributed by atoms with E-state index in [0.29, 0.717) is 23.5 Å². The van der Waals surface area contributed by atoms with Crippen LogP contribution < -0.4 is 0 Å². The van der Waals surface area contributed by atoms with Crippen LogP contribution in [-0.4, -0.2) is 5.78 Å². The molecular formula is C8H10O. The zero-order valence-corrected chi connectivity index (χ0v) is 5.34. The molecule has 1 heteroatoms. The van der Waals surface area contributed by atoms with Crippen LogP contribution in [0.5, 0.6) is 0 Å². The molecule has 2 aliphatic carbocycles. The van der Waals surface area contributed by atoms with Gasteiger partial charge < -0.3 is 0 Å². The van der Waals surface area contributed by atoms with Crippen LogP contribution in [-0.2, 0) is 4.79 Å². The zero-order chi connectivity index (χ0) is 6.43. The minimum absolute atomic E-state index is 0.405. The van der Waals surface area contributed by atoms with Gasteiger partial charge >= 0.3 is 0 Å². The molecule has 2 fully saturated rings. The summed E-state index contributed by atoms with van der Waals surface area (Å²) in [6.45, 7) is 3.69. The number of Topliss-reactive ketones (excluding diaryl/α,β-unsaturated/α-hetero) is 1. The highest BCUT2D eigenvalue weighted by Crippen LogP contribution is 2.55. The molecule has 0 bridgehead atoms. The Bertz CT molecular complexity index is 171. The molecule has 0 saturated heterocycles. The van der Waals surface area contributed by atoms with Crippen LogP contribution in [0.2, 0.25) is 0 Å². The van der Waals surface area contributed by atoms with Gasteiger partial charge in [0.15, 0.2) is 0 Å². The Kier molecular flexibility index (Phi) is 0.850. The fraction of sp³-hybridized carbons (Fsp3) is 0.625. The van der Waals surface area contributed by atoms with E-state index in [1.165, 1.54) is 0 Å². The fourth-order valence-corrected chi connectivity index (χ4v) is 2.02. The summed E-state index contributed by atoms with van der Waals surface area (Å²) in [4.78, 5) is 10.9. The molecule has 2 saturated carbocycles. The first-order valence-electron chi connectivity index (χ1n) is 3.50. The summed E-state index contributed by atoms with van der Waals surface area (Å²) in [6, 6.07) is 0. The molecule has 48 valence electrons. The Labute approximate surface area is 54.8 Å². The molecule has 0 amide bonds. The van der Waals surface area contributed by atoms with Gasteiger partial charge in [0.25, 0.3) is 0 Å². The van der Waals surface area contributed by atoms with Crippen molar-refractivity contribution in [1.29, 1.82) is 0 Å². The van der Waals surface area contributed by atoms with Gasteiger partial charge in [-0.3, -0.25) is 4.79 Å². The number of hydrogen-bond acceptors (Lipinski definition) is 1. The lowest BCUT2D eigenvalue weighted by atomic mass is 10.1. The Morgan fingerprint density at radius 2 is 2.44 bits per heavy atom. The molecule has 3 atom stereocenters. The first kappa shape index (κ1) is 5.21. The van der Waals surface area contributed by atoms with Crippen LogP contribution >= 0.6 is 0 Å². The minimum Gasteiger partial charge on any atom is -0.299 e. The lowest BCUT2D eigenvalue weighted by Gasteiger charge is -1.91. The van der Waals surface area contributed by atoms with E-state index in [1.54, 1.807) is 0 Å². The Morgan fingerprint density at radius 1 is 1.67 bits per heavy atom. The number of rotatable bonds is 1. The van der Waals surface area contributed by atoms with Crippen molar-refractivity contribution in [3.63, 3.8) is 0 Å². The SMILES string of the molecule is C=CC1C2CCC(=O)C12. The van der Waals surface area contributed by atoms with Crippen LogP contribution in [0.4, 0.5) is 0 Å². The molecule has 0 aromatic heterocycles. The van der Waals surface area contributed by atoms with Crippen LogP contribution in [0.3, 0.4) is 0 Å². The molecule has 2 rings (SSSR count). The van der Waals surface area contributed by atoms with Crippen molar-refractivity contribution in [3.8, 4) is 0 Å². The lowest BCUT2D eigenvalue weighted by Crippen LogP contribution is -1.96. The van der Waals surface area contributed by atoms with Crippen LogP contribution in [0.1, 0.15) is 12.8 Å². The third-order valence-corrected chi connectivity index (χ3v) is 2.60. The van der Waals surface area contributed by atoms with Gasteiger partial charge in [0, 0.05) is 12.3 Å². The van der Waals surface area contributed by atoms with E-state index in [4.69, 9.17) is 0 Å². The summed E-state index contributed by atoms with van der Waals surface area (Å²) in [5.74, 6) is 2.15. The van der Waals surface area contributed by atoms with Crippen LogP contribution in [0.15, 0.2) is 12.7 Å². The summed E-state index contributed by atoms with van der Waals surface area (Å²) in [5, 5.41) is 0. The van der Waals surface area contributed by atoms with Crippen molar-refractivity contribution in [2.24, 2.45) is 17.8 Å². The summed E-state index contributed by atoms with van der Waals surface area (Å²) in [7, 11) is 0. The number of fused-ring (bicyclic) bond motifs is 1. The Morgan fingerprint density at radius 3 is 2.78 bits per heavy atom. The third-order valence-electron chi connectivity index (χ3n) is 2.60. The van der Waals surface area contributed by atoms with Gasteiger partial charge in [0.05, 0.1) is 0 Å². The molecule has 0 radical (unpaired) electrons. The van der Waals surface area contributed by atoms with Gasteiger partial charge in [-0.25, -0.2) is 0 Å². The topological polar surface area (TPSA) is 17.1 Å². The van der Waals surface area contributed by atoms with Gasteiger partial charge in [0.2, 0.25) is 0 Å². The first-order valence-corrected chi connectivity index (χ1v) is 3.50. The molecule has 0 aliphatic heterocycles. The van der Waals surface area contributed by atoms with E-state index in [0.717, 1.165) is 12.8 Å². The number of carbonyl (C=O) groups excluding carboxylic acids is 1. The monoisotopic (exact) mass is 122 g/mol. The number of allylic oxidation sites excluding steroid dienone is 1. The predicted molar refractivity (Wildman–Crippen MR) is 34.9 cm³/mol. The second kappa shape index (κ2) is 1.47. The van der Waals surface area contributed by atoms with Gasteiger partial charge in [0.1, 0.15) is 5.78 Å². The van der Waals surface area contributed by atoms with E-state index < -0.39 is 0 Å². The van der Waals surface area contributed by atoms with E-state index in [-0.39, 0.29) is 0 Å². The zero-order valence-electron chi connectivity index (χ0n) is 5.34. The standard InChI is InChI=1S/C8H10O/c1-2-5-6-3-4-7(9)8(5)6/h2,5-6,8H,1,3-4H2. The normalized spacial score (nSPS) is 46.7. The summed E-state index contributed by atoms with van der Waals surface area (Å²) >= 11 is 0. The van der Waals surface area contributed by atoms with Crippen molar-refractivity contribution in [2.75, 3.05) is 0 Å². The molecule has 0 aromatic rings. The highest BCUT2D eigenvalue weighted by molar-refractivity contribution is 5.87. The van der Waals surface area contributed by atoms with Gasteiger partial charge in [-0.15, -0.1) is 6.58 Å².